The van der Waals surface area contributed by atoms with E-state index in [4.69, 9.17) is 19.6 Å². The number of aliphatic hydroxyl groups is 1. The summed E-state index contributed by atoms with van der Waals surface area (Å²) in [6, 6.07) is -0.666. The van der Waals surface area contributed by atoms with Gasteiger partial charge in [-0.15, -0.1) is 0 Å². The van der Waals surface area contributed by atoms with Gasteiger partial charge in [0.15, 0.2) is 26.0 Å². The summed E-state index contributed by atoms with van der Waals surface area (Å²) < 4.78 is 20.2. The molecule has 4 atom stereocenters. The van der Waals surface area contributed by atoms with Crippen molar-refractivity contribution in [1.29, 1.82) is 0 Å². The molecule has 0 spiro atoms. The fourth-order valence-electron chi connectivity index (χ4n) is 3.43. The summed E-state index contributed by atoms with van der Waals surface area (Å²) in [5, 5.41) is 12.9. The number of anilines is 1. The average Bonchev–Trinajstić information content (AvgIpc) is 3.22. The molecule has 0 aromatic carbocycles. The van der Waals surface area contributed by atoms with E-state index in [1.165, 1.54) is 6.33 Å². The van der Waals surface area contributed by atoms with E-state index < -0.39 is 44.5 Å². The number of nitrogens with one attached hydrogen (secondary N) is 1. The van der Waals surface area contributed by atoms with Gasteiger partial charge in [0.2, 0.25) is 0 Å². The van der Waals surface area contributed by atoms with Gasteiger partial charge in [-0.1, -0.05) is 20.8 Å². The number of hydrogen-bond acceptors (Lipinski definition) is 9. The van der Waals surface area contributed by atoms with E-state index in [0.29, 0.717) is 11.2 Å². The molecule has 3 heterocycles. The van der Waals surface area contributed by atoms with Crippen LogP contribution in [0.5, 0.6) is 0 Å². The maximum Gasteiger partial charge on any atom is 0.408 e. The zero-order valence-electron chi connectivity index (χ0n) is 20.6. The topological polar surface area (TPSA) is 147 Å². The average molecular weight is 481 g/mol. The quantitative estimate of drug-likeness (QED) is 0.549. The summed E-state index contributed by atoms with van der Waals surface area (Å²) in [4.78, 5) is 25.3. The molecule has 33 heavy (non-hydrogen) atoms. The molecule has 2 aromatic heterocycles. The Morgan fingerprint density at radius 1 is 1.24 bits per heavy atom. The lowest BCUT2D eigenvalue weighted by atomic mass is 10.1. The molecule has 0 aliphatic carbocycles. The van der Waals surface area contributed by atoms with E-state index in [9.17, 15) is 9.90 Å². The van der Waals surface area contributed by atoms with Crippen molar-refractivity contribution in [3.63, 3.8) is 0 Å². The number of rotatable bonds is 5. The Labute approximate surface area is 195 Å². The van der Waals surface area contributed by atoms with Crippen LogP contribution in [0.1, 0.15) is 47.8 Å². The standard InChI is InChI=1S/C21H36N6O5Si/c1-20(2,3)31-19(29)26-13-12(9-28)30-18(15(13)32-33(7,8)21(4,5)6)27-11-25-14-16(22)23-10-24-17(14)27/h10-13,15,18,28H,9H2,1-8H3,(H,26,29)(H2,22,23,24)/t12-,13-,15-,18-/m1/s1. The number of fused-ring (bicyclic) bond motifs is 1. The first kappa shape index (κ1) is 25.3. The number of nitrogen functional groups attached to an aromatic ring is 1. The maximum absolute atomic E-state index is 12.7. The second-order valence-electron chi connectivity index (χ2n) is 10.8. The fourth-order valence-corrected chi connectivity index (χ4v) is 4.73. The Bertz CT molecular complexity index is 999. The number of ether oxygens (including phenoxy) is 2. The second-order valence-corrected chi connectivity index (χ2v) is 15.6. The third kappa shape index (κ3) is 5.29. The van der Waals surface area contributed by atoms with Crippen molar-refractivity contribution >= 4 is 31.4 Å². The lowest BCUT2D eigenvalue weighted by Crippen LogP contribution is -2.55. The summed E-state index contributed by atoms with van der Waals surface area (Å²) >= 11 is 0. The van der Waals surface area contributed by atoms with Gasteiger partial charge in [-0.05, 0) is 38.9 Å². The Balaban J connectivity index is 2.03. The third-order valence-electron chi connectivity index (χ3n) is 6.11. The van der Waals surface area contributed by atoms with Gasteiger partial charge in [-0.2, -0.15) is 0 Å². The summed E-state index contributed by atoms with van der Waals surface area (Å²) in [7, 11) is -2.33. The molecule has 0 bridgehead atoms. The highest BCUT2D eigenvalue weighted by atomic mass is 28.4. The van der Waals surface area contributed by atoms with Gasteiger partial charge in [-0.3, -0.25) is 4.57 Å². The smallest absolute Gasteiger partial charge is 0.408 e. The van der Waals surface area contributed by atoms with Crippen LogP contribution in [0, 0.1) is 0 Å². The van der Waals surface area contributed by atoms with Gasteiger partial charge in [0, 0.05) is 0 Å². The molecule has 2 aromatic rings. The molecule has 3 rings (SSSR count). The van der Waals surface area contributed by atoms with Crippen molar-refractivity contribution in [3.05, 3.63) is 12.7 Å². The number of amides is 1. The minimum atomic E-state index is -2.33. The molecular formula is C21H36N6O5Si. The molecule has 184 valence electrons. The minimum absolute atomic E-state index is 0.102. The lowest BCUT2D eigenvalue weighted by molar-refractivity contribution is -0.0465. The molecule has 1 aliphatic rings. The van der Waals surface area contributed by atoms with Crippen molar-refractivity contribution in [1.82, 2.24) is 24.8 Å². The van der Waals surface area contributed by atoms with Crippen molar-refractivity contribution in [2.75, 3.05) is 12.3 Å². The predicted molar refractivity (Wildman–Crippen MR) is 126 cm³/mol. The molecule has 1 saturated heterocycles. The SMILES string of the molecule is CC(C)(C)OC(=O)N[C@H]1[C@@H](O[Si](C)(C)C(C)(C)C)[C@H](n2cnc3c(N)ncnc32)O[C@@H]1CO. The van der Waals surface area contributed by atoms with Crippen LogP contribution in [0.25, 0.3) is 11.2 Å². The molecule has 1 fully saturated rings. The van der Waals surface area contributed by atoms with Crippen LogP contribution in [0.3, 0.4) is 0 Å². The number of alkyl carbamates (subject to hydrolysis) is 1. The summed E-state index contributed by atoms with van der Waals surface area (Å²) in [5.41, 5.74) is 6.20. The molecule has 11 nitrogen and oxygen atoms in total. The third-order valence-corrected chi connectivity index (χ3v) is 10.6. The zero-order chi connectivity index (χ0) is 24.8. The van der Waals surface area contributed by atoms with Crippen LogP contribution < -0.4 is 11.1 Å². The summed E-state index contributed by atoms with van der Waals surface area (Å²) in [5.74, 6) is 0.251. The molecule has 0 unspecified atom stereocenters. The van der Waals surface area contributed by atoms with E-state index in [1.807, 2.05) is 0 Å². The number of carbonyl (C=O) groups excluding carboxylic acids is 1. The number of aromatic nitrogens is 4. The van der Waals surface area contributed by atoms with Crippen LogP contribution >= 0.6 is 0 Å². The maximum atomic E-state index is 12.7. The second kappa shape index (κ2) is 8.82. The summed E-state index contributed by atoms with van der Waals surface area (Å²) in [6.07, 6.45) is 0.232. The van der Waals surface area contributed by atoms with Crippen molar-refractivity contribution < 1.29 is 23.8 Å². The summed E-state index contributed by atoms with van der Waals surface area (Å²) in [6.45, 7) is 15.7. The number of nitrogens with zero attached hydrogens (tertiary/aromatic N) is 4. The first-order valence-corrected chi connectivity index (χ1v) is 13.9. The van der Waals surface area contributed by atoms with E-state index in [1.54, 1.807) is 31.7 Å². The van der Waals surface area contributed by atoms with Crippen LogP contribution in [0.2, 0.25) is 18.1 Å². The van der Waals surface area contributed by atoms with E-state index in [-0.39, 0.29) is 17.5 Å². The van der Waals surface area contributed by atoms with Crippen LogP contribution in [0.15, 0.2) is 12.7 Å². The predicted octanol–water partition coefficient (Wildman–Crippen LogP) is 2.58. The number of imidazole rings is 1. The van der Waals surface area contributed by atoms with Crippen LogP contribution in [-0.4, -0.2) is 69.5 Å². The molecule has 0 radical (unpaired) electrons. The van der Waals surface area contributed by atoms with Gasteiger partial charge in [0.05, 0.1) is 19.0 Å². The minimum Gasteiger partial charge on any atom is -0.444 e. The lowest BCUT2D eigenvalue weighted by Gasteiger charge is -2.40. The van der Waals surface area contributed by atoms with Gasteiger partial charge in [-0.25, -0.2) is 19.7 Å². The Morgan fingerprint density at radius 3 is 2.48 bits per heavy atom. The molecular weight excluding hydrogens is 444 g/mol. The number of nitrogens with two attached hydrogens (primary N) is 1. The van der Waals surface area contributed by atoms with E-state index >= 15 is 0 Å². The van der Waals surface area contributed by atoms with Gasteiger partial charge >= 0.3 is 6.09 Å². The first-order chi connectivity index (χ1) is 15.1. The highest BCUT2D eigenvalue weighted by Gasteiger charge is 2.52. The van der Waals surface area contributed by atoms with Gasteiger partial charge < -0.3 is 30.1 Å². The van der Waals surface area contributed by atoms with E-state index in [2.05, 4.69) is 54.1 Å². The largest absolute Gasteiger partial charge is 0.444 e. The van der Waals surface area contributed by atoms with Crippen molar-refractivity contribution in [2.45, 2.75) is 89.8 Å². The highest BCUT2D eigenvalue weighted by Crippen LogP contribution is 2.42. The molecule has 0 saturated carbocycles. The van der Waals surface area contributed by atoms with Crippen molar-refractivity contribution in [2.24, 2.45) is 0 Å². The Hall–Kier alpha value is -2.28. The van der Waals surface area contributed by atoms with Crippen LogP contribution in [-0.2, 0) is 13.9 Å². The first-order valence-electron chi connectivity index (χ1n) is 11.0. The Morgan fingerprint density at radius 2 is 1.91 bits per heavy atom. The van der Waals surface area contributed by atoms with Gasteiger partial charge in [0.25, 0.3) is 0 Å². The normalized spacial score (nSPS) is 24.3. The van der Waals surface area contributed by atoms with E-state index in [0.717, 1.165) is 0 Å². The number of hydrogen-bond donors (Lipinski definition) is 3. The van der Waals surface area contributed by atoms with Crippen LogP contribution in [0.4, 0.5) is 10.6 Å². The highest BCUT2D eigenvalue weighted by molar-refractivity contribution is 6.74. The van der Waals surface area contributed by atoms with Crippen molar-refractivity contribution in [3.8, 4) is 0 Å². The fraction of sp³-hybridized carbons (Fsp3) is 0.714. The number of carbonyl (C=O) groups is 1. The molecule has 12 heteroatoms. The monoisotopic (exact) mass is 480 g/mol. The van der Waals surface area contributed by atoms with Gasteiger partial charge in [0.1, 0.15) is 29.7 Å². The Kier molecular flexibility index (Phi) is 6.77. The molecule has 1 amide bonds. The molecule has 1 aliphatic heterocycles. The molecule has 4 N–H and O–H groups in total. The zero-order valence-corrected chi connectivity index (χ0v) is 21.6. The number of aliphatic hydroxyl groups excluding tert-OH is 1.